The van der Waals surface area contributed by atoms with Crippen LogP contribution in [0.4, 0.5) is 14.9 Å². The lowest BCUT2D eigenvalue weighted by atomic mass is 10.2. The molecule has 0 bridgehead atoms. The zero-order chi connectivity index (χ0) is 12.8. The minimum absolute atomic E-state index is 0.0273. The Bertz CT molecular complexity index is 433. The molecule has 2 amide bonds. The third-order valence-corrected chi connectivity index (χ3v) is 2.16. The summed E-state index contributed by atoms with van der Waals surface area (Å²) in [4.78, 5) is 11.4. The van der Waals surface area contributed by atoms with E-state index in [1.807, 2.05) is 19.9 Å². The highest BCUT2D eigenvalue weighted by Crippen LogP contribution is 2.19. The van der Waals surface area contributed by atoms with E-state index >= 15 is 0 Å². The van der Waals surface area contributed by atoms with E-state index in [1.165, 1.54) is 18.2 Å². The van der Waals surface area contributed by atoms with Crippen LogP contribution in [0.1, 0.15) is 13.8 Å². The summed E-state index contributed by atoms with van der Waals surface area (Å²) in [6.45, 7) is 3.99. The lowest BCUT2D eigenvalue weighted by molar-refractivity contribution is 0.255. The molecule has 1 rings (SSSR count). The van der Waals surface area contributed by atoms with E-state index in [0.29, 0.717) is 11.6 Å². The van der Waals surface area contributed by atoms with Gasteiger partial charge in [-0.15, -0.1) is 0 Å². The molecule has 2 N–H and O–H groups in total. The van der Waals surface area contributed by atoms with E-state index in [-0.39, 0.29) is 5.02 Å². The number of urea groups is 1. The molecule has 0 aliphatic heterocycles. The number of benzene rings is 1. The van der Waals surface area contributed by atoms with Crippen molar-refractivity contribution in [2.24, 2.45) is 5.92 Å². The van der Waals surface area contributed by atoms with Crippen molar-refractivity contribution < 1.29 is 9.18 Å². The number of rotatable bonds is 3. The van der Waals surface area contributed by atoms with Gasteiger partial charge >= 0.3 is 6.03 Å². The van der Waals surface area contributed by atoms with E-state index in [0.717, 1.165) is 0 Å². The second kappa shape index (κ2) is 6.25. The minimum atomic E-state index is -0.516. The van der Waals surface area contributed by atoms with Gasteiger partial charge in [0, 0.05) is 11.9 Å². The lowest BCUT2D eigenvalue weighted by Gasteiger charge is -2.05. The highest BCUT2D eigenvalue weighted by Gasteiger charge is 2.03. The van der Waals surface area contributed by atoms with Gasteiger partial charge < -0.3 is 10.6 Å². The second-order valence-electron chi connectivity index (χ2n) is 3.83. The van der Waals surface area contributed by atoms with Gasteiger partial charge in [-0.2, -0.15) is 0 Å². The van der Waals surface area contributed by atoms with Crippen molar-refractivity contribution in [3.8, 4) is 0 Å². The first kappa shape index (κ1) is 13.5. The summed E-state index contributed by atoms with van der Waals surface area (Å²) in [6.07, 6.45) is 3.41. The largest absolute Gasteiger partial charge is 0.323 e. The SMILES string of the molecule is CC(C)/C=C/NC(=O)Nc1ccc(F)c(Cl)c1. The predicted octanol–water partition coefficient (Wildman–Crippen LogP) is 3.77. The number of carbonyl (C=O) groups excluding carboxylic acids is 1. The Balaban J connectivity index is 2.53. The molecule has 0 atom stereocenters. The van der Waals surface area contributed by atoms with E-state index in [2.05, 4.69) is 10.6 Å². The Labute approximate surface area is 105 Å². The number of hydrogen-bond donors (Lipinski definition) is 2. The molecule has 1 aromatic carbocycles. The Kier molecular flexibility index (Phi) is 4.97. The minimum Gasteiger partial charge on any atom is -0.315 e. The molecule has 0 saturated carbocycles. The third kappa shape index (κ3) is 4.87. The van der Waals surface area contributed by atoms with Crippen molar-refractivity contribution in [2.75, 3.05) is 5.32 Å². The fourth-order valence-electron chi connectivity index (χ4n) is 1.06. The molecular weight excluding hydrogens is 243 g/mol. The fraction of sp³-hybridized carbons (Fsp3) is 0.250. The molecule has 17 heavy (non-hydrogen) atoms. The van der Waals surface area contributed by atoms with E-state index < -0.39 is 11.8 Å². The van der Waals surface area contributed by atoms with Crippen molar-refractivity contribution in [1.29, 1.82) is 0 Å². The smallest absolute Gasteiger partial charge is 0.315 e. The Morgan fingerprint density at radius 1 is 1.47 bits per heavy atom. The van der Waals surface area contributed by atoms with Crippen molar-refractivity contribution >= 4 is 23.3 Å². The number of nitrogens with one attached hydrogen (secondary N) is 2. The van der Waals surface area contributed by atoms with Crippen LogP contribution in [0.15, 0.2) is 30.5 Å². The van der Waals surface area contributed by atoms with Crippen LogP contribution in [-0.4, -0.2) is 6.03 Å². The molecule has 1 aromatic rings. The Hall–Kier alpha value is -1.55. The van der Waals surface area contributed by atoms with Crippen molar-refractivity contribution in [2.45, 2.75) is 13.8 Å². The van der Waals surface area contributed by atoms with Gasteiger partial charge in [0.15, 0.2) is 0 Å². The van der Waals surface area contributed by atoms with E-state index in [1.54, 1.807) is 6.20 Å². The van der Waals surface area contributed by atoms with Gasteiger partial charge in [0.2, 0.25) is 0 Å². The first-order chi connectivity index (χ1) is 7.99. The van der Waals surface area contributed by atoms with Gasteiger partial charge in [0.05, 0.1) is 5.02 Å². The van der Waals surface area contributed by atoms with Crippen molar-refractivity contribution in [3.63, 3.8) is 0 Å². The van der Waals surface area contributed by atoms with Crippen LogP contribution >= 0.6 is 11.6 Å². The molecule has 0 aliphatic carbocycles. The molecular formula is C12H14ClFN2O. The predicted molar refractivity (Wildman–Crippen MR) is 67.5 cm³/mol. The number of halogens is 2. The molecule has 0 heterocycles. The summed E-state index contributed by atoms with van der Waals surface area (Å²) in [7, 11) is 0. The average molecular weight is 257 g/mol. The molecule has 0 spiro atoms. The summed E-state index contributed by atoms with van der Waals surface area (Å²) in [5.41, 5.74) is 0.437. The molecule has 3 nitrogen and oxygen atoms in total. The second-order valence-corrected chi connectivity index (χ2v) is 4.24. The maximum Gasteiger partial charge on any atom is 0.323 e. The van der Waals surface area contributed by atoms with E-state index in [9.17, 15) is 9.18 Å². The molecule has 5 heteroatoms. The van der Waals surface area contributed by atoms with Crippen LogP contribution in [-0.2, 0) is 0 Å². The molecule has 0 radical (unpaired) electrons. The van der Waals surface area contributed by atoms with Crippen molar-refractivity contribution in [1.82, 2.24) is 5.32 Å². The van der Waals surface area contributed by atoms with E-state index in [4.69, 9.17) is 11.6 Å². The van der Waals surface area contributed by atoms with Gasteiger partial charge in [-0.1, -0.05) is 31.5 Å². The molecule has 0 unspecified atom stereocenters. The van der Waals surface area contributed by atoms with Crippen molar-refractivity contribution in [3.05, 3.63) is 41.3 Å². The van der Waals surface area contributed by atoms with Gasteiger partial charge in [0.1, 0.15) is 5.82 Å². The Morgan fingerprint density at radius 3 is 2.76 bits per heavy atom. The maximum absolute atomic E-state index is 12.9. The number of amides is 2. The van der Waals surface area contributed by atoms with Gasteiger partial charge in [-0.25, -0.2) is 9.18 Å². The summed E-state index contributed by atoms with van der Waals surface area (Å²) in [5.74, 6) is -0.159. The lowest BCUT2D eigenvalue weighted by Crippen LogP contribution is -2.23. The van der Waals surface area contributed by atoms with Crippen LogP contribution in [0, 0.1) is 11.7 Å². The maximum atomic E-state index is 12.9. The van der Waals surface area contributed by atoms with Crippen LogP contribution in [0.3, 0.4) is 0 Å². The van der Waals surface area contributed by atoms with Crippen LogP contribution in [0.5, 0.6) is 0 Å². The summed E-state index contributed by atoms with van der Waals surface area (Å²) < 4.78 is 12.9. The highest BCUT2D eigenvalue weighted by molar-refractivity contribution is 6.31. The fourth-order valence-corrected chi connectivity index (χ4v) is 1.24. The average Bonchev–Trinajstić information content (AvgIpc) is 2.23. The van der Waals surface area contributed by atoms with Gasteiger partial charge in [0.25, 0.3) is 0 Å². The highest BCUT2D eigenvalue weighted by atomic mass is 35.5. The summed E-state index contributed by atoms with van der Waals surface area (Å²) >= 11 is 5.58. The van der Waals surface area contributed by atoms with Crippen LogP contribution in [0.25, 0.3) is 0 Å². The molecule has 0 saturated heterocycles. The number of allylic oxidation sites excluding steroid dienone is 1. The summed E-state index contributed by atoms with van der Waals surface area (Å²) in [6, 6.07) is 3.59. The standard InChI is InChI=1S/C12H14ClFN2O/c1-8(2)5-6-15-12(17)16-9-3-4-11(14)10(13)7-9/h3-8H,1-2H3,(H2,15,16,17)/b6-5+. The zero-order valence-corrected chi connectivity index (χ0v) is 10.4. The number of hydrogen-bond acceptors (Lipinski definition) is 1. The monoisotopic (exact) mass is 256 g/mol. The molecule has 0 aromatic heterocycles. The van der Waals surface area contributed by atoms with Gasteiger partial charge in [-0.05, 0) is 24.1 Å². The number of anilines is 1. The van der Waals surface area contributed by atoms with Crippen LogP contribution < -0.4 is 10.6 Å². The van der Waals surface area contributed by atoms with Gasteiger partial charge in [-0.3, -0.25) is 0 Å². The normalized spacial score (nSPS) is 10.9. The third-order valence-electron chi connectivity index (χ3n) is 1.87. The Morgan fingerprint density at radius 2 is 2.18 bits per heavy atom. The molecule has 92 valence electrons. The quantitative estimate of drug-likeness (QED) is 0.849. The first-order valence-electron chi connectivity index (χ1n) is 5.18. The summed E-state index contributed by atoms with van der Waals surface area (Å²) in [5, 5.41) is 5.03. The molecule has 0 aliphatic rings. The number of carbonyl (C=O) groups is 1. The molecule has 0 fully saturated rings. The van der Waals surface area contributed by atoms with Crippen LogP contribution in [0.2, 0.25) is 5.02 Å². The zero-order valence-electron chi connectivity index (χ0n) is 9.63. The first-order valence-corrected chi connectivity index (χ1v) is 5.56. The topological polar surface area (TPSA) is 41.1 Å².